The number of nitrogens with one attached hydrogen (secondary N) is 1. The number of rotatable bonds is 6. The van der Waals surface area contributed by atoms with E-state index in [2.05, 4.69) is 5.32 Å². The molecule has 0 spiro atoms. The first-order valence-electron chi connectivity index (χ1n) is 11.9. The Kier molecular flexibility index (Phi) is 6.30. The number of nitrogens with zero attached hydrogens (tertiary/aromatic N) is 2. The van der Waals surface area contributed by atoms with E-state index in [1.165, 1.54) is 23.5 Å². The lowest BCUT2D eigenvalue weighted by Crippen LogP contribution is -2.42. The molecule has 2 amide bonds. The van der Waals surface area contributed by atoms with Gasteiger partial charge in [0.15, 0.2) is 11.5 Å². The molecule has 3 heterocycles. The van der Waals surface area contributed by atoms with Crippen LogP contribution in [-0.2, 0) is 0 Å². The fourth-order valence-corrected chi connectivity index (χ4v) is 6.78. The maximum atomic E-state index is 14.0. The molecule has 1 saturated carbocycles. The Morgan fingerprint density at radius 1 is 1.14 bits per heavy atom. The molecule has 1 N–H and O–H groups in total. The van der Waals surface area contributed by atoms with Crippen molar-refractivity contribution >= 4 is 34.9 Å². The van der Waals surface area contributed by atoms with Crippen molar-refractivity contribution in [1.82, 2.24) is 15.2 Å². The summed E-state index contributed by atoms with van der Waals surface area (Å²) in [6, 6.07) is 11.5. The van der Waals surface area contributed by atoms with Crippen LogP contribution in [0.2, 0.25) is 0 Å². The van der Waals surface area contributed by atoms with Crippen molar-refractivity contribution < 1.29 is 23.5 Å². The Labute approximate surface area is 216 Å². The van der Waals surface area contributed by atoms with Crippen molar-refractivity contribution in [2.45, 2.75) is 24.1 Å². The number of thiazole rings is 1. The molecule has 10 heteroatoms. The van der Waals surface area contributed by atoms with Crippen LogP contribution in [0.1, 0.15) is 44.6 Å². The van der Waals surface area contributed by atoms with E-state index in [-0.39, 0.29) is 29.6 Å². The Bertz CT molecular complexity index is 1330. The van der Waals surface area contributed by atoms with Gasteiger partial charge in [-0.05, 0) is 42.7 Å². The second-order valence-corrected chi connectivity index (χ2v) is 11.2. The average Bonchev–Trinajstić information content (AvgIpc) is 3.47. The summed E-state index contributed by atoms with van der Waals surface area (Å²) in [6.07, 6.45) is 2.13. The number of carbonyl (C=O) groups excluding carboxylic acids is 2. The minimum Gasteiger partial charge on any atom is -0.486 e. The fourth-order valence-electron chi connectivity index (χ4n) is 4.40. The van der Waals surface area contributed by atoms with Crippen molar-refractivity contribution in [3.8, 4) is 21.9 Å². The van der Waals surface area contributed by atoms with Crippen LogP contribution in [0.3, 0.4) is 0 Å². The summed E-state index contributed by atoms with van der Waals surface area (Å²) >= 11 is 3.10. The van der Waals surface area contributed by atoms with E-state index in [4.69, 9.17) is 14.5 Å². The molecule has 1 aliphatic carbocycles. The van der Waals surface area contributed by atoms with Gasteiger partial charge in [-0.15, -0.1) is 23.1 Å². The van der Waals surface area contributed by atoms with Crippen LogP contribution in [0.15, 0.2) is 42.5 Å². The van der Waals surface area contributed by atoms with Crippen molar-refractivity contribution in [3.63, 3.8) is 0 Å². The zero-order chi connectivity index (χ0) is 24.6. The van der Waals surface area contributed by atoms with Gasteiger partial charge in [0, 0.05) is 24.8 Å². The second-order valence-electron chi connectivity index (χ2n) is 8.88. The maximum absolute atomic E-state index is 14.0. The summed E-state index contributed by atoms with van der Waals surface area (Å²) in [5.41, 5.74) is 1.44. The third-order valence-electron chi connectivity index (χ3n) is 6.36. The van der Waals surface area contributed by atoms with Gasteiger partial charge in [-0.3, -0.25) is 9.59 Å². The predicted molar refractivity (Wildman–Crippen MR) is 137 cm³/mol. The largest absolute Gasteiger partial charge is 0.486 e. The van der Waals surface area contributed by atoms with Crippen LogP contribution >= 0.6 is 23.1 Å². The summed E-state index contributed by atoms with van der Waals surface area (Å²) in [7, 11) is 0. The first-order chi connectivity index (χ1) is 17.6. The van der Waals surface area contributed by atoms with Crippen molar-refractivity contribution in [2.75, 3.05) is 32.1 Å². The average molecular weight is 526 g/mol. The SMILES string of the molecule is O=C(NCC1SCCN1C(=O)c1nc(C2CC2)sc1-c1cccc(F)c1)c1cccc2c1OCCO2. The van der Waals surface area contributed by atoms with E-state index in [0.29, 0.717) is 58.9 Å². The molecule has 0 radical (unpaired) electrons. The third kappa shape index (κ3) is 4.55. The van der Waals surface area contributed by atoms with Crippen molar-refractivity contribution in [2.24, 2.45) is 0 Å². The van der Waals surface area contributed by atoms with Crippen LogP contribution in [0.25, 0.3) is 10.4 Å². The van der Waals surface area contributed by atoms with Crippen LogP contribution in [0, 0.1) is 5.82 Å². The van der Waals surface area contributed by atoms with Crippen LogP contribution in [0.5, 0.6) is 11.5 Å². The molecular formula is C26H24FN3O4S2. The van der Waals surface area contributed by atoms with Gasteiger partial charge < -0.3 is 19.7 Å². The highest BCUT2D eigenvalue weighted by atomic mass is 32.2. The lowest BCUT2D eigenvalue weighted by Gasteiger charge is -2.24. The molecule has 36 heavy (non-hydrogen) atoms. The van der Waals surface area contributed by atoms with E-state index in [1.807, 2.05) is 6.07 Å². The minimum absolute atomic E-state index is 0.185. The normalized spacial score (nSPS) is 18.8. The molecule has 2 aliphatic heterocycles. The van der Waals surface area contributed by atoms with Gasteiger partial charge in [-0.25, -0.2) is 9.37 Å². The van der Waals surface area contributed by atoms with Gasteiger partial charge in [0.05, 0.1) is 20.8 Å². The number of benzene rings is 2. The summed E-state index contributed by atoms with van der Waals surface area (Å²) in [6.45, 7) is 1.68. The van der Waals surface area contributed by atoms with E-state index in [9.17, 15) is 14.0 Å². The molecule has 6 rings (SSSR count). The Hall–Kier alpha value is -3.11. The van der Waals surface area contributed by atoms with Crippen molar-refractivity contribution in [1.29, 1.82) is 0 Å². The lowest BCUT2D eigenvalue weighted by atomic mass is 10.1. The Balaban J connectivity index is 1.21. The first kappa shape index (κ1) is 23.3. The molecule has 0 bridgehead atoms. The molecule has 3 aromatic rings. The number of para-hydroxylation sites is 1. The van der Waals surface area contributed by atoms with Gasteiger partial charge in [0.1, 0.15) is 24.7 Å². The van der Waals surface area contributed by atoms with Crippen LogP contribution in [0.4, 0.5) is 4.39 Å². The van der Waals surface area contributed by atoms with E-state index >= 15 is 0 Å². The molecule has 2 aromatic carbocycles. The number of thioether (sulfide) groups is 1. The second kappa shape index (κ2) is 9.74. The minimum atomic E-state index is -0.345. The smallest absolute Gasteiger partial charge is 0.274 e. The highest BCUT2D eigenvalue weighted by Gasteiger charge is 2.36. The molecule has 1 unspecified atom stereocenters. The molecular weight excluding hydrogens is 501 g/mol. The number of amides is 2. The zero-order valence-corrected chi connectivity index (χ0v) is 21.0. The number of carbonyl (C=O) groups is 2. The van der Waals surface area contributed by atoms with Gasteiger partial charge in [0.2, 0.25) is 0 Å². The number of halogens is 1. The number of hydrogen-bond acceptors (Lipinski definition) is 7. The van der Waals surface area contributed by atoms with Crippen LogP contribution < -0.4 is 14.8 Å². The standard InChI is InChI=1S/C26H24FN3O4S2/c27-17-4-1-3-16(13-17)23-21(29-25(36-23)15-7-8-15)26(32)30-9-12-35-20(30)14-28-24(31)18-5-2-6-19-22(18)34-11-10-33-19/h1-6,13,15,20H,7-12,14H2,(H,28,31). The summed E-state index contributed by atoms with van der Waals surface area (Å²) < 4.78 is 25.2. The van der Waals surface area contributed by atoms with E-state index in [0.717, 1.165) is 23.6 Å². The topological polar surface area (TPSA) is 80.8 Å². The van der Waals surface area contributed by atoms with Gasteiger partial charge in [-0.2, -0.15) is 0 Å². The summed E-state index contributed by atoms with van der Waals surface area (Å²) in [4.78, 5) is 33.9. The number of ether oxygens (including phenoxy) is 2. The summed E-state index contributed by atoms with van der Waals surface area (Å²) in [5.74, 6) is 1.34. The summed E-state index contributed by atoms with van der Waals surface area (Å²) in [5, 5.41) is 3.66. The van der Waals surface area contributed by atoms with Gasteiger partial charge in [0.25, 0.3) is 11.8 Å². The van der Waals surface area contributed by atoms with Gasteiger partial charge >= 0.3 is 0 Å². The van der Waals surface area contributed by atoms with Crippen molar-refractivity contribution in [3.05, 3.63) is 64.5 Å². The van der Waals surface area contributed by atoms with Crippen LogP contribution in [-0.4, -0.2) is 59.1 Å². The van der Waals surface area contributed by atoms with E-state index < -0.39 is 0 Å². The fraction of sp³-hybridized carbons (Fsp3) is 0.346. The van der Waals surface area contributed by atoms with E-state index in [1.54, 1.807) is 40.9 Å². The molecule has 1 aromatic heterocycles. The molecule has 2 fully saturated rings. The quantitative estimate of drug-likeness (QED) is 0.509. The Morgan fingerprint density at radius 2 is 1.97 bits per heavy atom. The highest BCUT2D eigenvalue weighted by Crippen LogP contribution is 2.45. The first-order valence-corrected chi connectivity index (χ1v) is 13.8. The highest BCUT2D eigenvalue weighted by molar-refractivity contribution is 8.00. The van der Waals surface area contributed by atoms with Gasteiger partial charge in [-0.1, -0.05) is 18.2 Å². The molecule has 3 aliphatic rings. The predicted octanol–water partition coefficient (Wildman–Crippen LogP) is 4.54. The third-order valence-corrected chi connectivity index (χ3v) is 8.85. The Morgan fingerprint density at radius 3 is 2.81 bits per heavy atom. The molecule has 1 atom stereocenters. The monoisotopic (exact) mass is 525 g/mol. The zero-order valence-electron chi connectivity index (χ0n) is 19.4. The number of aromatic nitrogens is 1. The molecule has 186 valence electrons. The number of hydrogen-bond donors (Lipinski definition) is 1. The maximum Gasteiger partial charge on any atom is 0.274 e. The molecule has 1 saturated heterocycles. The molecule has 7 nitrogen and oxygen atoms in total. The lowest BCUT2D eigenvalue weighted by molar-refractivity contribution is 0.0746. The number of fused-ring (bicyclic) bond motifs is 1.